The summed E-state index contributed by atoms with van der Waals surface area (Å²) in [5.74, 6) is -0.540. The van der Waals surface area contributed by atoms with E-state index < -0.39 is 17.2 Å². The van der Waals surface area contributed by atoms with E-state index in [0.29, 0.717) is 0 Å². The van der Waals surface area contributed by atoms with Crippen molar-refractivity contribution in [1.29, 1.82) is 0 Å². The van der Waals surface area contributed by atoms with Gasteiger partial charge in [0.05, 0.1) is 6.54 Å². The zero-order chi connectivity index (χ0) is 21.4. The maximum atomic E-state index is 14.5. The van der Waals surface area contributed by atoms with Crippen LogP contribution in [0.5, 0.6) is 0 Å². The molecule has 2 atom stereocenters. The van der Waals surface area contributed by atoms with Gasteiger partial charge in [-0.05, 0) is 49.9 Å². The molecule has 0 saturated heterocycles. The Morgan fingerprint density at radius 2 is 1.93 bits per heavy atom. The Morgan fingerprint density at radius 1 is 1.13 bits per heavy atom. The van der Waals surface area contributed by atoms with Gasteiger partial charge in [0.2, 0.25) is 0 Å². The first kappa shape index (κ1) is 22.7. The van der Waals surface area contributed by atoms with E-state index in [9.17, 15) is 13.9 Å². The number of aryl methyl sites for hydroxylation is 1. The number of rotatable bonds is 11. The molecule has 160 valence electrons. The van der Waals surface area contributed by atoms with Crippen LogP contribution in [0.3, 0.4) is 0 Å². The summed E-state index contributed by atoms with van der Waals surface area (Å²) in [5.41, 5.74) is -0.247. The molecule has 2 aromatic heterocycles. The van der Waals surface area contributed by atoms with E-state index in [1.165, 1.54) is 39.8 Å². The summed E-state index contributed by atoms with van der Waals surface area (Å²) in [4.78, 5) is 7.91. The topological polar surface area (TPSA) is 63.8 Å². The lowest BCUT2D eigenvalue weighted by molar-refractivity contribution is 0.0137. The van der Waals surface area contributed by atoms with Crippen molar-refractivity contribution >= 4 is 21.6 Å². The quantitative estimate of drug-likeness (QED) is 0.339. The summed E-state index contributed by atoms with van der Waals surface area (Å²) in [5, 5.41) is 15.1. The molecule has 0 aliphatic carbocycles. The Kier molecular flexibility index (Phi) is 8.24. The van der Waals surface area contributed by atoms with Gasteiger partial charge in [0.1, 0.15) is 29.9 Å². The van der Waals surface area contributed by atoms with Crippen molar-refractivity contribution in [2.45, 2.75) is 43.6 Å². The zero-order valence-corrected chi connectivity index (χ0v) is 18.3. The fourth-order valence-corrected chi connectivity index (χ4v) is 5.82. The summed E-state index contributed by atoms with van der Waals surface area (Å²) >= 11 is 0. The molecule has 0 spiro atoms. The van der Waals surface area contributed by atoms with Crippen molar-refractivity contribution in [2.75, 3.05) is 5.75 Å². The summed E-state index contributed by atoms with van der Waals surface area (Å²) < 4.78 is 29.4. The molecular formula is C21H24F2N4OS2. The van der Waals surface area contributed by atoms with Gasteiger partial charge in [-0.25, -0.2) is 18.4 Å². The van der Waals surface area contributed by atoms with Crippen LogP contribution in [0.15, 0.2) is 55.4 Å². The summed E-state index contributed by atoms with van der Waals surface area (Å²) in [6.45, 7) is 1.86. The molecule has 1 N–H and O–H groups in total. The predicted octanol–water partition coefficient (Wildman–Crippen LogP) is 4.63. The smallest absolute Gasteiger partial charge is 0.137 e. The SMILES string of the molecule is C[C@@H](SSCCCCc1ccncc1)[C@](O)(Cn1cncn1)c1ccc(F)cc1F. The number of aliphatic hydroxyl groups is 1. The Hall–Kier alpha value is -1.97. The van der Waals surface area contributed by atoms with Gasteiger partial charge in [0, 0.05) is 35.0 Å². The fraction of sp³-hybridized carbons (Fsp3) is 0.381. The summed E-state index contributed by atoms with van der Waals surface area (Å²) in [6.07, 6.45) is 9.51. The molecule has 2 heterocycles. The Labute approximate surface area is 182 Å². The number of nitrogens with zero attached hydrogens (tertiary/aromatic N) is 4. The maximum absolute atomic E-state index is 14.5. The molecule has 0 aliphatic rings. The van der Waals surface area contributed by atoms with E-state index in [4.69, 9.17) is 0 Å². The number of hydrogen-bond acceptors (Lipinski definition) is 6. The first-order chi connectivity index (χ1) is 14.5. The molecule has 0 fully saturated rings. The minimum atomic E-state index is -1.57. The molecule has 3 aromatic rings. The highest BCUT2D eigenvalue weighted by molar-refractivity contribution is 8.76. The third kappa shape index (κ3) is 6.02. The number of benzene rings is 1. The molecule has 5 nitrogen and oxygen atoms in total. The van der Waals surface area contributed by atoms with Gasteiger partial charge in [-0.1, -0.05) is 27.7 Å². The van der Waals surface area contributed by atoms with Crippen molar-refractivity contribution in [2.24, 2.45) is 0 Å². The molecule has 0 unspecified atom stereocenters. The zero-order valence-electron chi connectivity index (χ0n) is 16.6. The minimum Gasteiger partial charge on any atom is -0.382 e. The Bertz CT molecular complexity index is 915. The van der Waals surface area contributed by atoms with Crippen LogP contribution in [-0.4, -0.2) is 35.9 Å². The summed E-state index contributed by atoms with van der Waals surface area (Å²) in [7, 11) is 3.14. The fourth-order valence-electron chi connectivity index (χ4n) is 3.10. The first-order valence-corrected chi connectivity index (χ1v) is 12.0. The number of unbranched alkanes of at least 4 members (excludes halogenated alkanes) is 1. The molecule has 1 aromatic carbocycles. The average Bonchev–Trinajstić information content (AvgIpc) is 3.23. The van der Waals surface area contributed by atoms with Crippen LogP contribution in [0.1, 0.15) is 30.9 Å². The van der Waals surface area contributed by atoms with Crippen LogP contribution in [0, 0.1) is 11.6 Å². The van der Waals surface area contributed by atoms with Crippen LogP contribution in [0.25, 0.3) is 0 Å². The largest absolute Gasteiger partial charge is 0.382 e. The molecule has 0 bridgehead atoms. The second kappa shape index (κ2) is 10.9. The van der Waals surface area contributed by atoms with Gasteiger partial charge in [-0.2, -0.15) is 5.10 Å². The average molecular weight is 451 g/mol. The van der Waals surface area contributed by atoms with E-state index in [2.05, 4.69) is 15.1 Å². The maximum Gasteiger partial charge on any atom is 0.137 e. The molecule has 0 amide bonds. The van der Waals surface area contributed by atoms with Gasteiger partial charge in [-0.3, -0.25) is 4.98 Å². The van der Waals surface area contributed by atoms with Crippen LogP contribution in [0.2, 0.25) is 0 Å². The van der Waals surface area contributed by atoms with Crippen LogP contribution < -0.4 is 0 Å². The van der Waals surface area contributed by atoms with Crippen molar-refractivity contribution in [3.8, 4) is 0 Å². The molecule has 0 saturated carbocycles. The van der Waals surface area contributed by atoms with Gasteiger partial charge in [-0.15, -0.1) is 0 Å². The van der Waals surface area contributed by atoms with Crippen molar-refractivity contribution in [3.63, 3.8) is 0 Å². The Morgan fingerprint density at radius 3 is 2.63 bits per heavy atom. The second-order valence-corrected chi connectivity index (χ2v) is 9.84. The van der Waals surface area contributed by atoms with Crippen molar-refractivity contribution < 1.29 is 13.9 Å². The molecular weight excluding hydrogens is 426 g/mol. The van der Waals surface area contributed by atoms with Crippen LogP contribution in [-0.2, 0) is 18.6 Å². The minimum absolute atomic E-state index is 0.0202. The Balaban J connectivity index is 1.58. The monoisotopic (exact) mass is 450 g/mol. The number of pyridine rings is 1. The highest BCUT2D eigenvalue weighted by atomic mass is 33.1. The third-order valence-corrected chi connectivity index (χ3v) is 7.89. The number of hydrogen-bond donors (Lipinski definition) is 1. The molecule has 9 heteroatoms. The lowest BCUT2D eigenvalue weighted by Crippen LogP contribution is -2.41. The lowest BCUT2D eigenvalue weighted by atomic mass is 9.90. The molecule has 0 aliphatic heterocycles. The van der Waals surface area contributed by atoms with Gasteiger partial charge in [0.15, 0.2) is 0 Å². The molecule has 3 rings (SSSR count). The van der Waals surface area contributed by atoms with Gasteiger partial charge in [0.25, 0.3) is 0 Å². The first-order valence-electron chi connectivity index (χ1n) is 9.66. The van der Waals surface area contributed by atoms with E-state index in [1.54, 1.807) is 23.2 Å². The van der Waals surface area contributed by atoms with E-state index in [1.807, 2.05) is 19.1 Å². The van der Waals surface area contributed by atoms with Crippen LogP contribution in [0.4, 0.5) is 8.78 Å². The standard InChI is InChI=1S/C21H24F2N4OS2/c1-16(30-29-11-3-2-4-17-7-9-24-10-8-17)21(28,13-27-15-25-14-26-27)19-6-5-18(22)12-20(19)23/h5-10,12,14-16,28H,2-4,11,13H2,1H3/t16-,21-/m1/s1. The molecule has 0 radical (unpaired) electrons. The highest BCUT2D eigenvalue weighted by Crippen LogP contribution is 2.41. The van der Waals surface area contributed by atoms with E-state index in [0.717, 1.165) is 37.1 Å². The lowest BCUT2D eigenvalue weighted by Gasteiger charge is -2.34. The van der Waals surface area contributed by atoms with Crippen LogP contribution >= 0.6 is 21.6 Å². The number of aromatic nitrogens is 4. The van der Waals surface area contributed by atoms with E-state index >= 15 is 0 Å². The molecule has 30 heavy (non-hydrogen) atoms. The highest BCUT2D eigenvalue weighted by Gasteiger charge is 2.39. The number of halogens is 2. The van der Waals surface area contributed by atoms with Gasteiger partial charge >= 0.3 is 0 Å². The van der Waals surface area contributed by atoms with Crippen molar-refractivity contribution in [1.82, 2.24) is 19.7 Å². The predicted molar refractivity (Wildman–Crippen MR) is 117 cm³/mol. The second-order valence-electron chi connectivity index (χ2n) is 7.01. The van der Waals surface area contributed by atoms with Crippen molar-refractivity contribution in [3.05, 3.63) is 78.1 Å². The van der Waals surface area contributed by atoms with E-state index in [-0.39, 0.29) is 17.4 Å². The summed E-state index contributed by atoms with van der Waals surface area (Å²) in [6, 6.07) is 7.30. The van der Waals surface area contributed by atoms with Gasteiger partial charge < -0.3 is 5.11 Å². The normalized spacial score (nSPS) is 14.4. The third-order valence-electron chi connectivity index (χ3n) is 4.84.